The molecule has 130 valence electrons. The average molecular weight is 373 g/mol. The van der Waals surface area contributed by atoms with Gasteiger partial charge in [-0.1, -0.05) is 18.2 Å². The summed E-state index contributed by atoms with van der Waals surface area (Å²) in [6.45, 7) is 0.561. The molecule has 0 spiro atoms. The van der Waals surface area contributed by atoms with Gasteiger partial charge in [-0.3, -0.25) is 4.79 Å². The molecule has 0 saturated heterocycles. The molecule has 0 radical (unpaired) electrons. The molecule has 1 amide bonds. The van der Waals surface area contributed by atoms with Crippen LogP contribution in [0.15, 0.2) is 47.4 Å². The average Bonchev–Trinajstić information content (AvgIpc) is 2.67. The summed E-state index contributed by atoms with van der Waals surface area (Å²) < 4.78 is 5.31. The Morgan fingerprint density at radius 3 is 2.80 bits per heavy atom. The molecule has 0 fully saturated rings. The van der Waals surface area contributed by atoms with Crippen LogP contribution in [-0.4, -0.2) is 31.6 Å². The van der Waals surface area contributed by atoms with Crippen LogP contribution in [0.25, 0.3) is 0 Å². The third kappa shape index (κ3) is 5.45. The Morgan fingerprint density at radius 2 is 2.08 bits per heavy atom. The minimum atomic E-state index is -0.137. The number of ether oxygens (including phenoxy) is 1. The summed E-state index contributed by atoms with van der Waals surface area (Å²) >= 11 is 3.29. The number of benzene rings is 2. The first-order valence-electron chi connectivity index (χ1n) is 7.75. The summed E-state index contributed by atoms with van der Waals surface area (Å²) in [5.41, 5.74) is 2.27. The van der Waals surface area contributed by atoms with Gasteiger partial charge in [-0.05, 0) is 36.1 Å². The van der Waals surface area contributed by atoms with Crippen LogP contribution in [0.4, 0.5) is 0 Å². The summed E-state index contributed by atoms with van der Waals surface area (Å²) in [5, 5.41) is 12.0. The first-order chi connectivity index (χ1) is 12.2. The van der Waals surface area contributed by atoms with E-state index in [0.29, 0.717) is 23.4 Å². The number of carbonyl (C=O) groups is 1. The van der Waals surface area contributed by atoms with Crippen LogP contribution < -0.4 is 10.1 Å². The molecule has 0 aliphatic rings. The predicted molar refractivity (Wildman–Crippen MR) is 104 cm³/mol. The smallest absolute Gasteiger partial charge is 0.255 e. The van der Waals surface area contributed by atoms with E-state index in [4.69, 9.17) is 10.00 Å². The molecule has 0 atom stereocenters. The monoisotopic (exact) mass is 372 g/mol. The molecule has 25 heavy (non-hydrogen) atoms. The zero-order chi connectivity index (χ0) is 18.1. The second-order valence-corrected chi connectivity index (χ2v) is 7.13. The van der Waals surface area contributed by atoms with E-state index >= 15 is 0 Å². The lowest BCUT2D eigenvalue weighted by Gasteiger charge is -2.10. The highest BCUT2D eigenvalue weighted by molar-refractivity contribution is 7.98. The first-order valence-corrected chi connectivity index (χ1v) is 10.1. The van der Waals surface area contributed by atoms with Crippen molar-refractivity contribution in [2.24, 2.45) is 0 Å². The van der Waals surface area contributed by atoms with Gasteiger partial charge in [0.15, 0.2) is 0 Å². The van der Waals surface area contributed by atoms with Crippen LogP contribution in [0.3, 0.4) is 0 Å². The highest BCUT2D eigenvalue weighted by Gasteiger charge is 2.12. The summed E-state index contributed by atoms with van der Waals surface area (Å²) in [6.07, 6.45) is 1.98. The molecular weight excluding hydrogens is 352 g/mol. The van der Waals surface area contributed by atoms with E-state index in [1.807, 2.05) is 42.7 Å². The van der Waals surface area contributed by atoms with Gasteiger partial charge < -0.3 is 10.1 Å². The molecule has 0 aliphatic carbocycles. The van der Waals surface area contributed by atoms with Crippen molar-refractivity contribution in [1.82, 2.24) is 5.32 Å². The van der Waals surface area contributed by atoms with E-state index < -0.39 is 0 Å². The van der Waals surface area contributed by atoms with Crippen molar-refractivity contribution in [2.75, 3.05) is 25.7 Å². The van der Waals surface area contributed by atoms with Crippen LogP contribution in [-0.2, 0) is 5.75 Å². The van der Waals surface area contributed by atoms with Crippen molar-refractivity contribution in [3.8, 4) is 11.8 Å². The van der Waals surface area contributed by atoms with Gasteiger partial charge in [0, 0.05) is 22.9 Å². The maximum absolute atomic E-state index is 12.3. The molecule has 0 heterocycles. The van der Waals surface area contributed by atoms with Crippen LogP contribution in [0, 0.1) is 11.3 Å². The standard InChI is InChI=1S/C19H20N2O2S2/c1-23-18-11-16(24-2)7-8-17(18)19(22)21-9-10-25-13-15-6-4-3-5-14(15)12-20/h3-8,11H,9-10,13H2,1-2H3,(H,21,22). The lowest BCUT2D eigenvalue weighted by Crippen LogP contribution is -2.26. The number of hydrogen-bond acceptors (Lipinski definition) is 5. The van der Waals surface area contributed by atoms with Gasteiger partial charge in [0.2, 0.25) is 0 Å². The molecule has 6 heteroatoms. The highest BCUT2D eigenvalue weighted by atomic mass is 32.2. The second kappa shape index (κ2) is 10.0. The maximum atomic E-state index is 12.3. The van der Waals surface area contributed by atoms with Gasteiger partial charge in [-0.25, -0.2) is 0 Å². The van der Waals surface area contributed by atoms with Gasteiger partial charge >= 0.3 is 0 Å². The Labute approximate surface area is 157 Å². The first kappa shape index (κ1) is 19.2. The van der Waals surface area contributed by atoms with Gasteiger partial charge in [0.05, 0.1) is 24.3 Å². The number of hydrogen-bond donors (Lipinski definition) is 1. The maximum Gasteiger partial charge on any atom is 0.255 e. The Bertz CT molecular complexity index is 772. The third-order valence-electron chi connectivity index (χ3n) is 3.58. The minimum Gasteiger partial charge on any atom is -0.496 e. The third-order valence-corrected chi connectivity index (χ3v) is 5.31. The van der Waals surface area contributed by atoms with E-state index in [1.165, 1.54) is 0 Å². The molecule has 0 aliphatic heterocycles. The Hall–Kier alpha value is -2.10. The van der Waals surface area contributed by atoms with Crippen LogP contribution in [0.2, 0.25) is 0 Å². The van der Waals surface area contributed by atoms with Crippen molar-refractivity contribution >= 4 is 29.4 Å². The van der Waals surface area contributed by atoms with Gasteiger partial charge in [0.1, 0.15) is 5.75 Å². The second-order valence-electron chi connectivity index (χ2n) is 5.14. The van der Waals surface area contributed by atoms with Crippen molar-refractivity contribution in [3.05, 3.63) is 59.2 Å². The highest BCUT2D eigenvalue weighted by Crippen LogP contribution is 2.25. The fraction of sp³-hybridized carbons (Fsp3) is 0.263. The molecule has 0 saturated carbocycles. The number of methoxy groups -OCH3 is 1. The predicted octanol–water partition coefficient (Wildman–Crippen LogP) is 3.95. The number of nitriles is 1. The van der Waals surface area contributed by atoms with Crippen molar-refractivity contribution < 1.29 is 9.53 Å². The van der Waals surface area contributed by atoms with Crippen molar-refractivity contribution in [2.45, 2.75) is 10.6 Å². The zero-order valence-corrected chi connectivity index (χ0v) is 15.9. The number of carbonyl (C=O) groups excluding carboxylic acids is 1. The summed E-state index contributed by atoms with van der Waals surface area (Å²) in [5.74, 6) is 1.98. The topological polar surface area (TPSA) is 62.1 Å². The molecule has 2 aromatic rings. The molecule has 2 aromatic carbocycles. The van der Waals surface area contributed by atoms with Crippen LogP contribution >= 0.6 is 23.5 Å². The Morgan fingerprint density at radius 1 is 1.28 bits per heavy atom. The van der Waals surface area contributed by atoms with Gasteiger partial charge in [-0.2, -0.15) is 17.0 Å². The fourth-order valence-corrected chi connectivity index (χ4v) is 3.55. The quantitative estimate of drug-likeness (QED) is 0.561. The van der Waals surface area contributed by atoms with E-state index in [-0.39, 0.29) is 5.91 Å². The van der Waals surface area contributed by atoms with Crippen LogP contribution in [0.1, 0.15) is 21.5 Å². The molecule has 0 unspecified atom stereocenters. The summed E-state index contributed by atoms with van der Waals surface area (Å²) in [7, 11) is 1.57. The van der Waals surface area contributed by atoms with Crippen LogP contribution in [0.5, 0.6) is 5.75 Å². The van der Waals surface area contributed by atoms with Crippen molar-refractivity contribution in [1.29, 1.82) is 5.26 Å². The number of nitrogens with zero attached hydrogens (tertiary/aromatic N) is 1. The molecule has 0 bridgehead atoms. The van der Waals surface area contributed by atoms with E-state index in [9.17, 15) is 4.79 Å². The van der Waals surface area contributed by atoms with E-state index in [1.54, 1.807) is 36.7 Å². The van der Waals surface area contributed by atoms with Gasteiger partial charge in [0.25, 0.3) is 5.91 Å². The SMILES string of the molecule is COc1cc(SC)ccc1C(=O)NCCSCc1ccccc1C#N. The molecule has 2 rings (SSSR count). The lowest BCUT2D eigenvalue weighted by molar-refractivity contribution is 0.0953. The van der Waals surface area contributed by atoms with Crippen molar-refractivity contribution in [3.63, 3.8) is 0 Å². The number of nitrogens with one attached hydrogen (secondary N) is 1. The zero-order valence-electron chi connectivity index (χ0n) is 14.2. The fourth-order valence-electron chi connectivity index (χ4n) is 2.26. The van der Waals surface area contributed by atoms with E-state index in [2.05, 4.69) is 11.4 Å². The number of amides is 1. The Kier molecular flexibility index (Phi) is 7.71. The largest absolute Gasteiger partial charge is 0.496 e. The number of thioether (sulfide) groups is 2. The summed E-state index contributed by atoms with van der Waals surface area (Å²) in [6, 6.07) is 15.3. The minimum absolute atomic E-state index is 0.137. The number of rotatable bonds is 8. The molecule has 0 aromatic heterocycles. The molecule has 1 N–H and O–H groups in total. The Balaban J connectivity index is 1.82. The normalized spacial score (nSPS) is 10.1. The summed E-state index contributed by atoms with van der Waals surface area (Å²) in [4.78, 5) is 13.4. The molecular formula is C19H20N2O2S2. The van der Waals surface area contributed by atoms with E-state index in [0.717, 1.165) is 22.0 Å². The molecule has 4 nitrogen and oxygen atoms in total. The lowest BCUT2D eigenvalue weighted by atomic mass is 10.1. The van der Waals surface area contributed by atoms with Gasteiger partial charge in [-0.15, -0.1) is 11.8 Å².